The lowest BCUT2D eigenvalue weighted by atomic mass is 9.98. The Kier molecular flexibility index (Phi) is 2.35. The van der Waals surface area contributed by atoms with Crippen LogP contribution in [0.25, 0.3) is 6.08 Å². The number of alkyl halides is 2. The van der Waals surface area contributed by atoms with E-state index in [1.807, 2.05) is 6.07 Å². The van der Waals surface area contributed by atoms with Crippen LogP contribution in [0.1, 0.15) is 5.56 Å². The Balaban J connectivity index is 2.37. The number of hydrogen-bond acceptors (Lipinski definition) is 2. The van der Waals surface area contributed by atoms with E-state index < -0.39 is 3.23 Å². The Morgan fingerprint density at radius 3 is 2.68 bits per heavy atom. The van der Waals surface area contributed by atoms with Gasteiger partial charge in [0.1, 0.15) is 9.57 Å². The summed E-state index contributed by atoms with van der Waals surface area (Å²) in [6, 6.07) is 12.5. The molecule has 0 saturated carbocycles. The van der Waals surface area contributed by atoms with Crippen LogP contribution in [0.2, 0.25) is 0 Å². The summed E-state index contributed by atoms with van der Waals surface area (Å²) in [5.74, 6) is 0. The lowest BCUT2D eigenvalue weighted by Crippen LogP contribution is -2.21. The maximum atomic E-state index is 4.41. The van der Waals surface area contributed by atoms with Gasteiger partial charge < -0.3 is 0 Å². The normalized spacial score (nSPS) is 16.9. The lowest BCUT2D eigenvalue weighted by molar-refractivity contribution is 1.15. The van der Waals surface area contributed by atoms with Crippen LogP contribution >= 0.6 is 31.9 Å². The molecule has 0 fully saturated rings. The average Bonchev–Trinajstić information content (AvgIpc) is 2.85. The molecule has 0 unspecified atom stereocenters. The van der Waals surface area contributed by atoms with E-state index in [0.29, 0.717) is 0 Å². The second-order valence-corrected chi connectivity index (χ2v) is 8.15. The lowest BCUT2D eigenvalue weighted by Gasteiger charge is -2.22. The molecule has 19 heavy (non-hydrogen) atoms. The summed E-state index contributed by atoms with van der Waals surface area (Å²) < 4.78 is -0.397. The molecule has 0 aromatic heterocycles. The number of hydrogen-bond donors (Lipinski definition) is 0. The fraction of sp³-hybridized carbons (Fsp3) is 0.0667. The number of fused-ring (bicyclic) bond motifs is 4. The molecule has 0 amide bonds. The van der Waals surface area contributed by atoms with Gasteiger partial charge >= 0.3 is 0 Å². The standard InChI is InChI=1S/C15H8Br2N2/c16-15(17)7-9-3-1-2-4-10(9)11-5-6-12-14(13(11)15)19-8-18-12/h1-8H. The second-order valence-electron chi connectivity index (χ2n) is 4.58. The maximum absolute atomic E-state index is 4.41. The van der Waals surface area contributed by atoms with E-state index in [0.717, 1.165) is 16.6 Å². The molecule has 4 heteroatoms. The first-order valence-corrected chi connectivity index (χ1v) is 7.49. The van der Waals surface area contributed by atoms with Gasteiger partial charge in [-0.25, -0.2) is 9.98 Å². The summed E-state index contributed by atoms with van der Waals surface area (Å²) >= 11 is 7.52. The molecule has 0 spiro atoms. The first kappa shape index (κ1) is 11.6. The molecule has 2 aromatic rings. The van der Waals surface area contributed by atoms with Gasteiger partial charge in [0, 0.05) is 5.56 Å². The third-order valence-electron chi connectivity index (χ3n) is 3.46. The van der Waals surface area contributed by atoms with Crippen molar-refractivity contribution in [1.82, 2.24) is 0 Å². The van der Waals surface area contributed by atoms with Crippen molar-refractivity contribution in [2.24, 2.45) is 9.98 Å². The SMILES string of the molecule is BrC1(Br)C=c2ccccc2=c2ccc3c(c21)N=CN=3. The van der Waals surface area contributed by atoms with Crippen LogP contribution in [0.4, 0.5) is 5.69 Å². The molecular formula is C15H8Br2N2. The maximum Gasteiger partial charge on any atom is 0.127 e. The number of halogens is 2. The zero-order valence-corrected chi connectivity index (χ0v) is 12.9. The van der Waals surface area contributed by atoms with Crippen LogP contribution in [0.3, 0.4) is 0 Å². The van der Waals surface area contributed by atoms with E-state index in [-0.39, 0.29) is 0 Å². The Labute approximate surface area is 126 Å². The van der Waals surface area contributed by atoms with E-state index >= 15 is 0 Å². The van der Waals surface area contributed by atoms with Crippen molar-refractivity contribution < 1.29 is 0 Å². The van der Waals surface area contributed by atoms with Crippen LogP contribution in [-0.4, -0.2) is 6.34 Å². The van der Waals surface area contributed by atoms with E-state index in [9.17, 15) is 0 Å². The van der Waals surface area contributed by atoms with E-state index in [2.05, 4.69) is 78.3 Å². The van der Waals surface area contributed by atoms with Crippen molar-refractivity contribution in [3.63, 3.8) is 0 Å². The van der Waals surface area contributed by atoms with Crippen molar-refractivity contribution in [3.05, 3.63) is 63.0 Å². The number of aliphatic imine (C=N–C) groups is 1. The first-order valence-electron chi connectivity index (χ1n) is 5.91. The highest BCUT2D eigenvalue weighted by Crippen LogP contribution is 2.45. The van der Waals surface area contributed by atoms with Gasteiger partial charge in [-0.2, -0.15) is 0 Å². The molecular weight excluding hydrogens is 368 g/mol. The van der Waals surface area contributed by atoms with Gasteiger partial charge in [-0.3, -0.25) is 0 Å². The molecule has 4 rings (SSSR count). The highest BCUT2D eigenvalue weighted by molar-refractivity contribution is 9.25. The molecule has 1 aliphatic carbocycles. The fourth-order valence-corrected chi connectivity index (χ4v) is 3.96. The summed E-state index contributed by atoms with van der Waals surface area (Å²) in [5.41, 5.74) is 2.07. The quantitative estimate of drug-likeness (QED) is 0.632. The Hall–Kier alpha value is -1.26. The molecule has 0 N–H and O–H groups in total. The van der Waals surface area contributed by atoms with Crippen molar-refractivity contribution in [1.29, 1.82) is 0 Å². The van der Waals surface area contributed by atoms with E-state index in [1.165, 1.54) is 15.7 Å². The molecule has 0 bridgehead atoms. The first-order chi connectivity index (χ1) is 9.17. The molecule has 2 aromatic carbocycles. The van der Waals surface area contributed by atoms with Gasteiger partial charge in [0.25, 0.3) is 0 Å². The zero-order chi connectivity index (χ0) is 13.0. The number of rotatable bonds is 0. The third kappa shape index (κ3) is 1.60. The number of benzene rings is 2. The predicted molar refractivity (Wildman–Crippen MR) is 83.5 cm³/mol. The highest BCUT2D eigenvalue weighted by Gasteiger charge is 2.30. The molecule has 92 valence electrons. The molecule has 1 heterocycles. The van der Waals surface area contributed by atoms with Crippen molar-refractivity contribution >= 4 is 50.0 Å². The van der Waals surface area contributed by atoms with E-state index in [4.69, 9.17) is 0 Å². The van der Waals surface area contributed by atoms with Gasteiger partial charge in [0.15, 0.2) is 0 Å². The topological polar surface area (TPSA) is 24.7 Å². The molecule has 0 atom stereocenters. The number of nitrogens with zero attached hydrogens (tertiary/aromatic N) is 2. The molecule has 1 aliphatic heterocycles. The minimum Gasteiger partial charge on any atom is -0.235 e. The van der Waals surface area contributed by atoms with Crippen LogP contribution < -0.4 is 10.6 Å². The van der Waals surface area contributed by atoms with Crippen molar-refractivity contribution in [3.8, 4) is 0 Å². The Morgan fingerprint density at radius 1 is 0.947 bits per heavy atom. The smallest absolute Gasteiger partial charge is 0.127 e. The van der Waals surface area contributed by atoms with Gasteiger partial charge in [0.2, 0.25) is 0 Å². The van der Waals surface area contributed by atoms with Crippen molar-refractivity contribution in [2.45, 2.75) is 3.23 Å². The van der Waals surface area contributed by atoms with Crippen LogP contribution in [0, 0.1) is 10.4 Å². The summed E-state index contributed by atoms with van der Waals surface area (Å²) in [6.07, 6.45) is 3.78. The third-order valence-corrected chi connectivity index (χ3v) is 4.71. The van der Waals surface area contributed by atoms with Crippen LogP contribution in [-0.2, 0) is 3.23 Å². The summed E-state index contributed by atoms with van der Waals surface area (Å²) in [5, 5.41) is 4.56. The monoisotopic (exact) mass is 374 g/mol. The summed E-state index contributed by atoms with van der Waals surface area (Å²) in [7, 11) is 0. The Morgan fingerprint density at radius 2 is 1.79 bits per heavy atom. The Bertz CT molecular complexity index is 943. The molecule has 0 saturated heterocycles. The fourth-order valence-electron chi connectivity index (χ4n) is 2.66. The zero-order valence-electron chi connectivity index (χ0n) is 9.77. The summed E-state index contributed by atoms with van der Waals surface area (Å²) in [4.78, 5) is 8.69. The second kappa shape index (κ2) is 3.87. The minimum absolute atomic E-state index is 0.397. The largest absolute Gasteiger partial charge is 0.235 e. The average molecular weight is 376 g/mol. The molecule has 0 radical (unpaired) electrons. The van der Waals surface area contributed by atoms with Gasteiger partial charge in [-0.05, 0) is 27.8 Å². The van der Waals surface area contributed by atoms with E-state index in [1.54, 1.807) is 6.34 Å². The van der Waals surface area contributed by atoms with Gasteiger partial charge in [-0.1, -0.05) is 62.2 Å². The highest BCUT2D eigenvalue weighted by atomic mass is 79.9. The van der Waals surface area contributed by atoms with Gasteiger partial charge in [0.05, 0.1) is 11.0 Å². The molecule has 2 nitrogen and oxygen atoms in total. The predicted octanol–water partition coefficient (Wildman–Crippen LogP) is 3.00. The molecule has 2 aliphatic rings. The van der Waals surface area contributed by atoms with Crippen molar-refractivity contribution in [2.75, 3.05) is 0 Å². The van der Waals surface area contributed by atoms with Crippen LogP contribution in [0.15, 0.2) is 46.4 Å². The van der Waals surface area contributed by atoms with Gasteiger partial charge in [-0.15, -0.1) is 0 Å². The van der Waals surface area contributed by atoms with Crippen LogP contribution in [0.5, 0.6) is 0 Å². The minimum atomic E-state index is -0.397. The summed E-state index contributed by atoms with van der Waals surface area (Å²) in [6.45, 7) is 0.